The maximum atomic E-state index is 12.4. The third-order valence-electron chi connectivity index (χ3n) is 7.55. The van der Waals surface area contributed by atoms with Crippen LogP contribution in [-0.2, 0) is 16.1 Å². The average molecular weight is 544 g/mol. The van der Waals surface area contributed by atoms with Crippen molar-refractivity contribution in [3.05, 3.63) is 46.2 Å². The SMILES string of the molecule is CC[C@H]1CN(c2nc(N)c(C(=O)NCC(=O)OC)nc2Cl)CCN1C1CCN(Cc2ccc(C)cc2)CC1. The summed E-state index contributed by atoms with van der Waals surface area (Å²) in [6.45, 7) is 9.67. The van der Waals surface area contributed by atoms with Gasteiger partial charge in [0.2, 0.25) is 0 Å². The number of nitrogens with two attached hydrogens (primary N) is 1. The van der Waals surface area contributed by atoms with Crippen molar-refractivity contribution in [1.29, 1.82) is 0 Å². The number of amides is 1. The van der Waals surface area contributed by atoms with Gasteiger partial charge in [-0.3, -0.25) is 19.4 Å². The van der Waals surface area contributed by atoms with E-state index < -0.39 is 11.9 Å². The number of hydrogen-bond donors (Lipinski definition) is 2. The van der Waals surface area contributed by atoms with Crippen LogP contribution in [0.25, 0.3) is 0 Å². The Morgan fingerprint density at radius 2 is 1.84 bits per heavy atom. The molecular weight excluding hydrogens is 506 g/mol. The molecule has 2 saturated heterocycles. The number of methoxy groups -OCH3 is 1. The standard InChI is InChI=1S/C27H38ClN7O3/c1-4-20-17-34(26-24(28)31-23(25(29)32-26)27(37)30-15-22(36)38-3)13-14-35(20)21-9-11-33(12-10-21)16-19-7-5-18(2)6-8-19/h5-8,20-21H,4,9-17H2,1-3H3,(H2,29,32)(H,30,37)/t20-/m0/s1. The highest BCUT2D eigenvalue weighted by Crippen LogP contribution is 2.30. The van der Waals surface area contributed by atoms with Crippen molar-refractivity contribution in [2.45, 2.75) is 51.7 Å². The normalized spacial score (nSPS) is 19.4. The number of nitrogen functional groups attached to an aromatic ring is 1. The van der Waals surface area contributed by atoms with Crippen molar-refractivity contribution < 1.29 is 14.3 Å². The fourth-order valence-corrected chi connectivity index (χ4v) is 5.61. The van der Waals surface area contributed by atoms with Crippen LogP contribution < -0.4 is 16.0 Å². The highest BCUT2D eigenvalue weighted by molar-refractivity contribution is 6.32. The van der Waals surface area contributed by atoms with Crippen LogP contribution in [0.15, 0.2) is 24.3 Å². The van der Waals surface area contributed by atoms with Crippen molar-refractivity contribution in [3.63, 3.8) is 0 Å². The highest BCUT2D eigenvalue weighted by Gasteiger charge is 2.34. The Balaban J connectivity index is 1.35. The predicted octanol–water partition coefficient (Wildman–Crippen LogP) is 2.49. The molecule has 10 nitrogen and oxygen atoms in total. The lowest BCUT2D eigenvalue weighted by Gasteiger charge is -2.47. The molecule has 0 unspecified atom stereocenters. The summed E-state index contributed by atoms with van der Waals surface area (Å²) in [6.07, 6.45) is 3.32. The second-order valence-electron chi connectivity index (χ2n) is 10.1. The second kappa shape index (κ2) is 12.7. The zero-order chi connectivity index (χ0) is 27.2. The highest BCUT2D eigenvalue weighted by atomic mass is 35.5. The Hall–Kier alpha value is -2.95. The zero-order valence-corrected chi connectivity index (χ0v) is 23.2. The van der Waals surface area contributed by atoms with E-state index in [9.17, 15) is 9.59 Å². The number of piperazine rings is 1. The summed E-state index contributed by atoms with van der Waals surface area (Å²) < 4.78 is 4.53. The number of halogens is 1. The van der Waals surface area contributed by atoms with Gasteiger partial charge in [0.05, 0.1) is 7.11 Å². The Morgan fingerprint density at radius 1 is 1.13 bits per heavy atom. The number of benzene rings is 1. The fourth-order valence-electron chi connectivity index (χ4n) is 5.36. The molecule has 1 atom stereocenters. The molecule has 11 heteroatoms. The van der Waals surface area contributed by atoms with Gasteiger partial charge in [0.25, 0.3) is 5.91 Å². The van der Waals surface area contributed by atoms with Gasteiger partial charge in [-0.25, -0.2) is 9.97 Å². The average Bonchev–Trinajstić information content (AvgIpc) is 2.93. The number of esters is 1. The lowest BCUT2D eigenvalue weighted by atomic mass is 9.98. The van der Waals surface area contributed by atoms with Crippen LogP contribution in [0.3, 0.4) is 0 Å². The molecule has 0 saturated carbocycles. The van der Waals surface area contributed by atoms with Crippen molar-refractivity contribution in [2.24, 2.45) is 0 Å². The van der Waals surface area contributed by atoms with E-state index in [1.54, 1.807) is 0 Å². The molecule has 1 amide bonds. The number of carbonyl (C=O) groups is 2. The maximum Gasteiger partial charge on any atom is 0.325 e. The van der Waals surface area contributed by atoms with Crippen LogP contribution in [-0.4, -0.2) is 90.1 Å². The molecule has 1 aromatic carbocycles. The number of hydrogen-bond acceptors (Lipinski definition) is 9. The molecule has 2 aliphatic heterocycles. The van der Waals surface area contributed by atoms with E-state index in [0.29, 0.717) is 17.9 Å². The van der Waals surface area contributed by atoms with Crippen molar-refractivity contribution in [1.82, 2.24) is 25.1 Å². The summed E-state index contributed by atoms with van der Waals surface area (Å²) in [7, 11) is 1.24. The molecule has 4 rings (SSSR count). The molecule has 2 aliphatic rings. The molecular formula is C27H38ClN7O3. The Labute approximate surface area is 229 Å². The van der Waals surface area contributed by atoms with Gasteiger partial charge in [0.1, 0.15) is 6.54 Å². The summed E-state index contributed by atoms with van der Waals surface area (Å²) in [5.74, 6) is -0.741. The number of aromatic nitrogens is 2. The van der Waals surface area contributed by atoms with Crippen molar-refractivity contribution >= 4 is 35.1 Å². The molecule has 2 fully saturated rings. The summed E-state index contributed by atoms with van der Waals surface area (Å²) in [5.41, 5.74) is 8.64. The molecule has 3 heterocycles. The summed E-state index contributed by atoms with van der Waals surface area (Å²) >= 11 is 6.47. The number of rotatable bonds is 8. The number of nitrogens with zero attached hydrogens (tertiary/aromatic N) is 5. The third-order valence-corrected chi connectivity index (χ3v) is 7.80. The number of aryl methyl sites for hydroxylation is 1. The molecule has 38 heavy (non-hydrogen) atoms. The molecule has 0 radical (unpaired) electrons. The minimum absolute atomic E-state index is 0.0248. The molecule has 0 bridgehead atoms. The Bertz CT molecular complexity index is 1120. The smallest absolute Gasteiger partial charge is 0.325 e. The summed E-state index contributed by atoms with van der Waals surface area (Å²) in [5, 5.41) is 2.54. The zero-order valence-electron chi connectivity index (χ0n) is 22.5. The van der Waals surface area contributed by atoms with Crippen LogP contribution in [0.4, 0.5) is 11.6 Å². The van der Waals surface area contributed by atoms with Gasteiger partial charge in [0, 0.05) is 38.3 Å². The first-order valence-corrected chi connectivity index (χ1v) is 13.6. The monoisotopic (exact) mass is 543 g/mol. The number of likely N-dealkylation sites (tertiary alicyclic amines) is 1. The van der Waals surface area contributed by atoms with E-state index in [0.717, 1.165) is 58.5 Å². The molecule has 1 aromatic heterocycles. The Morgan fingerprint density at radius 3 is 2.50 bits per heavy atom. The van der Waals surface area contributed by atoms with Gasteiger partial charge in [-0.05, 0) is 44.8 Å². The largest absolute Gasteiger partial charge is 0.468 e. The van der Waals surface area contributed by atoms with Crippen molar-refractivity contribution in [2.75, 3.05) is 57.0 Å². The molecule has 3 N–H and O–H groups in total. The number of carbonyl (C=O) groups excluding carboxylic acids is 2. The van der Waals surface area contributed by atoms with Crippen molar-refractivity contribution in [3.8, 4) is 0 Å². The van der Waals surface area contributed by atoms with Crippen LogP contribution in [0.1, 0.15) is 47.8 Å². The van der Waals surface area contributed by atoms with Gasteiger partial charge in [-0.15, -0.1) is 0 Å². The molecule has 0 aliphatic carbocycles. The minimum atomic E-state index is -0.626. The van der Waals surface area contributed by atoms with Crippen LogP contribution in [0, 0.1) is 6.92 Å². The van der Waals surface area contributed by atoms with Crippen LogP contribution in [0.2, 0.25) is 5.15 Å². The van der Waals surface area contributed by atoms with E-state index in [2.05, 4.69) is 72.8 Å². The first-order chi connectivity index (χ1) is 18.3. The summed E-state index contributed by atoms with van der Waals surface area (Å²) in [6, 6.07) is 9.76. The topological polar surface area (TPSA) is 117 Å². The van der Waals surface area contributed by atoms with Gasteiger partial charge >= 0.3 is 5.97 Å². The maximum absolute atomic E-state index is 12.4. The fraction of sp³-hybridized carbons (Fsp3) is 0.556. The van der Waals surface area contributed by atoms with E-state index >= 15 is 0 Å². The predicted molar refractivity (Wildman–Crippen MR) is 148 cm³/mol. The molecule has 2 aromatic rings. The van der Waals surface area contributed by atoms with Crippen LogP contribution >= 0.6 is 11.6 Å². The van der Waals surface area contributed by atoms with Gasteiger partial charge < -0.3 is 20.7 Å². The number of ether oxygens (including phenoxy) is 1. The van der Waals surface area contributed by atoms with E-state index in [1.165, 1.54) is 18.2 Å². The van der Waals surface area contributed by atoms with E-state index in [1.807, 2.05) is 0 Å². The van der Waals surface area contributed by atoms with Gasteiger partial charge in [-0.2, -0.15) is 0 Å². The van der Waals surface area contributed by atoms with E-state index in [-0.39, 0.29) is 23.2 Å². The Kier molecular flexibility index (Phi) is 9.40. The van der Waals surface area contributed by atoms with Crippen LogP contribution in [0.5, 0.6) is 0 Å². The number of anilines is 2. The summed E-state index contributed by atoms with van der Waals surface area (Å²) in [4.78, 5) is 39.7. The second-order valence-corrected chi connectivity index (χ2v) is 10.4. The molecule has 206 valence electrons. The lowest BCUT2D eigenvalue weighted by molar-refractivity contribution is -0.139. The number of nitrogens with one attached hydrogen (secondary N) is 1. The molecule has 0 spiro atoms. The number of piperidine rings is 1. The quantitative estimate of drug-likeness (QED) is 0.484. The van der Waals surface area contributed by atoms with Gasteiger partial charge in [-0.1, -0.05) is 48.4 Å². The first kappa shape index (κ1) is 28.1. The first-order valence-electron chi connectivity index (χ1n) is 13.3. The minimum Gasteiger partial charge on any atom is -0.468 e. The lowest BCUT2D eigenvalue weighted by Crippen LogP contribution is -2.58. The van der Waals surface area contributed by atoms with Gasteiger partial charge in [0.15, 0.2) is 22.5 Å². The third kappa shape index (κ3) is 6.73. The van der Waals surface area contributed by atoms with E-state index in [4.69, 9.17) is 17.3 Å².